The van der Waals surface area contributed by atoms with Crippen molar-refractivity contribution < 1.29 is 9.53 Å². The highest BCUT2D eigenvalue weighted by molar-refractivity contribution is 9.10. The molecule has 0 unspecified atom stereocenters. The molecule has 0 fully saturated rings. The van der Waals surface area contributed by atoms with Gasteiger partial charge in [-0.3, -0.25) is 4.79 Å². The zero-order valence-electron chi connectivity index (χ0n) is 8.84. The Morgan fingerprint density at radius 2 is 2.27 bits per heavy atom. The summed E-state index contributed by atoms with van der Waals surface area (Å²) in [6.07, 6.45) is 0. The van der Waals surface area contributed by atoms with E-state index in [0.29, 0.717) is 6.61 Å². The van der Waals surface area contributed by atoms with Gasteiger partial charge >= 0.3 is 5.97 Å². The minimum atomic E-state index is -0.245. The van der Waals surface area contributed by atoms with Gasteiger partial charge in [0.1, 0.15) is 6.54 Å². The van der Waals surface area contributed by atoms with Gasteiger partial charge in [-0.1, -0.05) is 6.07 Å². The average molecular weight is 272 g/mol. The Morgan fingerprint density at radius 1 is 1.53 bits per heavy atom. The highest BCUT2D eigenvalue weighted by Gasteiger charge is 2.03. The van der Waals surface area contributed by atoms with Crippen molar-refractivity contribution in [2.45, 2.75) is 13.8 Å². The van der Waals surface area contributed by atoms with Crippen LogP contribution in [0.25, 0.3) is 0 Å². The van der Waals surface area contributed by atoms with E-state index >= 15 is 0 Å². The third-order valence-electron chi connectivity index (χ3n) is 1.85. The van der Waals surface area contributed by atoms with Gasteiger partial charge in [0.25, 0.3) is 0 Å². The van der Waals surface area contributed by atoms with Crippen LogP contribution in [0.1, 0.15) is 12.5 Å². The second kappa shape index (κ2) is 5.75. The molecule has 0 heterocycles. The summed E-state index contributed by atoms with van der Waals surface area (Å²) < 4.78 is 5.76. The Kier molecular flexibility index (Phi) is 4.62. The molecule has 0 aromatic heterocycles. The molecule has 0 amide bonds. The van der Waals surface area contributed by atoms with Crippen LogP contribution in [0.5, 0.6) is 0 Å². The van der Waals surface area contributed by atoms with Crippen molar-refractivity contribution in [2.75, 3.05) is 18.5 Å². The van der Waals surface area contributed by atoms with E-state index in [1.54, 1.807) is 6.92 Å². The first-order valence-electron chi connectivity index (χ1n) is 4.79. The highest BCUT2D eigenvalue weighted by Crippen LogP contribution is 2.22. The van der Waals surface area contributed by atoms with Gasteiger partial charge in [-0.25, -0.2) is 0 Å². The molecule has 82 valence electrons. The van der Waals surface area contributed by atoms with Gasteiger partial charge in [-0.05, 0) is 47.5 Å². The van der Waals surface area contributed by atoms with E-state index < -0.39 is 0 Å². The summed E-state index contributed by atoms with van der Waals surface area (Å²) in [5.41, 5.74) is 2.07. The van der Waals surface area contributed by atoms with Crippen LogP contribution in [0.15, 0.2) is 22.7 Å². The lowest BCUT2D eigenvalue weighted by Gasteiger charge is -2.08. The van der Waals surface area contributed by atoms with Gasteiger partial charge in [-0.2, -0.15) is 0 Å². The number of halogens is 1. The molecular formula is C11H14BrNO2. The Labute approximate surface area is 97.9 Å². The van der Waals surface area contributed by atoms with Gasteiger partial charge in [0.2, 0.25) is 0 Å². The van der Waals surface area contributed by atoms with E-state index in [-0.39, 0.29) is 12.5 Å². The molecule has 0 atom stereocenters. The average Bonchev–Trinajstić information content (AvgIpc) is 2.17. The van der Waals surface area contributed by atoms with Crippen LogP contribution in [0.2, 0.25) is 0 Å². The van der Waals surface area contributed by atoms with Crippen molar-refractivity contribution in [1.29, 1.82) is 0 Å². The summed E-state index contributed by atoms with van der Waals surface area (Å²) in [4.78, 5) is 11.1. The number of hydrogen-bond acceptors (Lipinski definition) is 3. The molecule has 0 saturated heterocycles. The van der Waals surface area contributed by atoms with Crippen molar-refractivity contribution in [2.24, 2.45) is 0 Å². The Morgan fingerprint density at radius 3 is 2.87 bits per heavy atom. The molecule has 0 radical (unpaired) electrons. The summed E-state index contributed by atoms with van der Waals surface area (Å²) in [5.74, 6) is -0.245. The number of carbonyl (C=O) groups is 1. The quantitative estimate of drug-likeness (QED) is 0.856. The molecule has 1 rings (SSSR count). The molecule has 0 spiro atoms. The zero-order valence-corrected chi connectivity index (χ0v) is 10.4. The van der Waals surface area contributed by atoms with E-state index in [0.717, 1.165) is 10.2 Å². The van der Waals surface area contributed by atoms with Gasteiger partial charge in [0.15, 0.2) is 0 Å². The number of rotatable bonds is 4. The number of ether oxygens (including phenoxy) is 1. The smallest absolute Gasteiger partial charge is 0.325 e. The lowest BCUT2D eigenvalue weighted by molar-refractivity contribution is -0.140. The summed E-state index contributed by atoms with van der Waals surface area (Å²) in [6.45, 7) is 4.41. The summed E-state index contributed by atoms with van der Waals surface area (Å²) in [7, 11) is 0. The monoisotopic (exact) mass is 271 g/mol. The molecule has 3 nitrogen and oxygen atoms in total. The van der Waals surface area contributed by atoms with Crippen molar-refractivity contribution in [3.63, 3.8) is 0 Å². The van der Waals surface area contributed by atoms with Crippen LogP contribution in [0.3, 0.4) is 0 Å². The lowest BCUT2D eigenvalue weighted by atomic mass is 10.2. The molecule has 0 aliphatic rings. The Balaban J connectivity index is 2.54. The van der Waals surface area contributed by atoms with Crippen molar-refractivity contribution in [1.82, 2.24) is 0 Å². The fourth-order valence-corrected chi connectivity index (χ4v) is 1.78. The van der Waals surface area contributed by atoms with Crippen LogP contribution >= 0.6 is 15.9 Å². The minimum Gasteiger partial charge on any atom is -0.465 e. The predicted molar refractivity (Wildman–Crippen MR) is 64.0 cm³/mol. The van der Waals surface area contributed by atoms with E-state index in [9.17, 15) is 4.79 Å². The summed E-state index contributed by atoms with van der Waals surface area (Å²) >= 11 is 3.42. The molecule has 0 aliphatic heterocycles. The molecule has 15 heavy (non-hydrogen) atoms. The maximum Gasteiger partial charge on any atom is 0.325 e. The van der Waals surface area contributed by atoms with Gasteiger partial charge in [-0.15, -0.1) is 0 Å². The summed E-state index contributed by atoms with van der Waals surface area (Å²) in [6, 6.07) is 5.91. The predicted octanol–water partition coefficient (Wildman–Crippen LogP) is 2.73. The maximum absolute atomic E-state index is 11.1. The third-order valence-corrected chi connectivity index (χ3v) is 2.51. The van der Waals surface area contributed by atoms with Crippen LogP contribution in [-0.2, 0) is 9.53 Å². The van der Waals surface area contributed by atoms with E-state index in [1.165, 1.54) is 5.56 Å². The zero-order chi connectivity index (χ0) is 11.3. The Hall–Kier alpha value is -1.03. The van der Waals surface area contributed by atoms with Gasteiger partial charge in [0.05, 0.1) is 6.61 Å². The first-order chi connectivity index (χ1) is 7.13. The van der Waals surface area contributed by atoms with E-state index in [2.05, 4.69) is 21.2 Å². The lowest BCUT2D eigenvalue weighted by Crippen LogP contribution is -2.16. The number of esters is 1. The van der Waals surface area contributed by atoms with Crippen LogP contribution in [0.4, 0.5) is 5.69 Å². The fourth-order valence-electron chi connectivity index (χ4n) is 1.14. The number of carbonyl (C=O) groups excluding carboxylic acids is 1. The number of benzene rings is 1. The first-order valence-corrected chi connectivity index (χ1v) is 5.58. The number of hydrogen-bond donors (Lipinski definition) is 1. The molecular weight excluding hydrogens is 258 g/mol. The van der Waals surface area contributed by atoms with Gasteiger partial charge in [0, 0.05) is 10.2 Å². The van der Waals surface area contributed by atoms with E-state index in [4.69, 9.17) is 4.74 Å². The SMILES string of the molecule is CCOC(=O)CNc1ccc(C)cc1Br. The largest absolute Gasteiger partial charge is 0.465 e. The topological polar surface area (TPSA) is 38.3 Å². The molecule has 4 heteroatoms. The number of nitrogens with one attached hydrogen (secondary N) is 1. The van der Waals surface area contributed by atoms with Crippen molar-refractivity contribution in [3.8, 4) is 0 Å². The summed E-state index contributed by atoms with van der Waals surface area (Å²) in [5, 5.41) is 3.00. The third kappa shape index (κ3) is 3.91. The van der Waals surface area contributed by atoms with Crippen molar-refractivity contribution in [3.05, 3.63) is 28.2 Å². The van der Waals surface area contributed by atoms with Crippen LogP contribution < -0.4 is 5.32 Å². The normalized spacial score (nSPS) is 9.80. The minimum absolute atomic E-state index is 0.190. The molecule has 0 aliphatic carbocycles. The van der Waals surface area contributed by atoms with Crippen LogP contribution in [-0.4, -0.2) is 19.1 Å². The second-order valence-corrected chi connectivity index (χ2v) is 4.00. The molecule has 0 bridgehead atoms. The number of anilines is 1. The molecule has 1 aromatic carbocycles. The second-order valence-electron chi connectivity index (χ2n) is 3.14. The van der Waals surface area contributed by atoms with E-state index in [1.807, 2.05) is 25.1 Å². The van der Waals surface area contributed by atoms with Crippen molar-refractivity contribution >= 4 is 27.6 Å². The highest BCUT2D eigenvalue weighted by atomic mass is 79.9. The molecule has 1 N–H and O–H groups in total. The standard InChI is InChI=1S/C11H14BrNO2/c1-3-15-11(14)7-13-10-5-4-8(2)6-9(10)12/h4-6,13H,3,7H2,1-2H3. The molecule has 1 aromatic rings. The fraction of sp³-hybridized carbons (Fsp3) is 0.364. The molecule has 0 saturated carbocycles. The Bertz CT molecular complexity index is 352. The maximum atomic E-state index is 11.1. The van der Waals surface area contributed by atoms with Crippen LogP contribution in [0, 0.1) is 6.92 Å². The first kappa shape index (κ1) is 12.0. The van der Waals surface area contributed by atoms with Gasteiger partial charge < -0.3 is 10.1 Å². The number of aryl methyl sites for hydroxylation is 1.